The number of aromatic nitrogens is 4. The molecule has 1 saturated carbocycles. The molecular weight excluding hydrogens is 288 g/mol. The van der Waals surface area contributed by atoms with E-state index in [1.54, 1.807) is 13.2 Å². The van der Waals surface area contributed by atoms with Gasteiger partial charge in [0.1, 0.15) is 5.82 Å². The van der Waals surface area contributed by atoms with Gasteiger partial charge in [0.05, 0.1) is 0 Å². The molecule has 1 aliphatic carbocycles. The van der Waals surface area contributed by atoms with Crippen LogP contribution in [0.15, 0.2) is 18.3 Å². The SMILES string of the molecule is CCCCCC.CNc1nccc(Nc2cc(C3CC3)[nH]n2)n1. The fourth-order valence-electron chi connectivity index (χ4n) is 2.18. The zero-order valence-corrected chi connectivity index (χ0v) is 14.4. The maximum absolute atomic E-state index is 4.27. The highest BCUT2D eigenvalue weighted by atomic mass is 15.2. The lowest BCUT2D eigenvalue weighted by Gasteiger charge is -2.02. The van der Waals surface area contributed by atoms with Crippen LogP contribution < -0.4 is 10.6 Å². The van der Waals surface area contributed by atoms with E-state index in [9.17, 15) is 0 Å². The highest BCUT2D eigenvalue weighted by Gasteiger charge is 2.25. The van der Waals surface area contributed by atoms with Crippen LogP contribution in [-0.2, 0) is 0 Å². The van der Waals surface area contributed by atoms with Gasteiger partial charge in [0.2, 0.25) is 5.95 Å². The second-order valence-electron chi connectivity index (χ2n) is 5.83. The van der Waals surface area contributed by atoms with Crippen molar-refractivity contribution in [2.24, 2.45) is 0 Å². The van der Waals surface area contributed by atoms with Crippen molar-refractivity contribution in [2.75, 3.05) is 17.7 Å². The molecule has 3 rings (SSSR count). The minimum absolute atomic E-state index is 0.591. The first-order chi connectivity index (χ1) is 11.3. The molecule has 0 spiro atoms. The van der Waals surface area contributed by atoms with Gasteiger partial charge >= 0.3 is 0 Å². The van der Waals surface area contributed by atoms with Crippen molar-refractivity contribution < 1.29 is 0 Å². The van der Waals surface area contributed by atoms with Crippen LogP contribution in [0.3, 0.4) is 0 Å². The largest absolute Gasteiger partial charge is 0.357 e. The van der Waals surface area contributed by atoms with E-state index in [-0.39, 0.29) is 0 Å². The van der Waals surface area contributed by atoms with E-state index in [1.807, 2.05) is 12.1 Å². The summed E-state index contributed by atoms with van der Waals surface area (Å²) in [6.07, 6.45) is 9.77. The Kier molecular flexibility index (Phi) is 6.84. The van der Waals surface area contributed by atoms with E-state index in [2.05, 4.69) is 44.6 Å². The molecule has 0 aliphatic heterocycles. The Labute approximate surface area is 138 Å². The fourth-order valence-corrected chi connectivity index (χ4v) is 2.18. The number of anilines is 3. The molecule has 126 valence electrons. The minimum atomic E-state index is 0.591. The number of hydrogen-bond acceptors (Lipinski definition) is 5. The standard InChI is InChI=1S/C11H14N6.C6H14/c1-12-11-13-5-4-9(15-11)14-10-6-8(16-17-10)7-2-3-7;1-3-5-6-4-2/h4-7H,2-3H2,1H3,(H3,12,13,14,15,16,17);3-6H2,1-2H3. The van der Waals surface area contributed by atoms with Gasteiger partial charge in [-0.25, -0.2) is 4.98 Å². The first-order valence-electron chi connectivity index (χ1n) is 8.59. The molecule has 0 aromatic carbocycles. The molecule has 2 aromatic rings. The lowest BCUT2D eigenvalue weighted by Crippen LogP contribution is -1.99. The zero-order chi connectivity index (χ0) is 16.5. The van der Waals surface area contributed by atoms with Crippen molar-refractivity contribution in [1.82, 2.24) is 20.2 Å². The van der Waals surface area contributed by atoms with Gasteiger partial charge in [-0.05, 0) is 18.9 Å². The van der Waals surface area contributed by atoms with E-state index in [0.29, 0.717) is 11.9 Å². The third-order valence-corrected chi connectivity index (χ3v) is 3.71. The number of unbranched alkanes of at least 4 members (excludes halogenated alkanes) is 3. The van der Waals surface area contributed by atoms with Crippen LogP contribution in [0.2, 0.25) is 0 Å². The van der Waals surface area contributed by atoms with Gasteiger partial charge in [-0.3, -0.25) is 5.10 Å². The van der Waals surface area contributed by atoms with Crippen LogP contribution in [0.1, 0.15) is 64.0 Å². The molecule has 2 aromatic heterocycles. The van der Waals surface area contributed by atoms with Crippen LogP contribution in [0.4, 0.5) is 17.6 Å². The van der Waals surface area contributed by atoms with Crippen LogP contribution in [0.25, 0.3) is 0 Å². The maximum atomic E-state index is 4.27. The van der Waals surface area contributed by atoms with Gasteiger partial charge < -0.3 is 10.6 Å². The van der Waals surface area contributed by atoms with Gasteiger partial charge in [0.15, 0.2) is 5.82 Å². The number of nitrogens with one attached hydrogen (secondary N) is 3. The maximum Gasteiger partial charge on any atom is 0.224 e. The van der Waals surface area contributed by atoms with Crippen LogP contribution in [-0.4, -0.2) is 27.2 Å². The van der Waals surface area contributed by atoms with Gasteiger partial charge in [-0.15, -0.1) is 0 Å². The Bertz CT molecular complexity index is 572. The van der Waals surface area contributed by atoms with Crippen molar-refractivity contribution in [3.8, 4) is 0 Å². The number of rotatable bonds is 7. The molecule has 23 heavy (non-hydrogen) atoms. The highest BCUT2D eigenvalue weighted by molar-refractivity contribution is 5.53. The summed E-state index contributed by atoms with van der Waals surface area (Å²) in [7, 11) is 1.79. The Morgan fingerprint density at radius 2 is 1.91 bits per heavy atom. The fraction of sp³-hybridized carbons (Fsp3) is 0.588. The first kappa shape index (κ1) is 17.2. The summed E-state index contributed by atoms with van der Waals surface area (Å²) < 4.78 is 0. The molecule has 0 bridgehead atoms. The predicted octanol–water partition coefficient (Wildman–Crippen LogP) is 4.45. The van der Waals surface area contributed by atoms with E-state index < -0.39 is 0 Å². The van der Waals surface area contributed by atoms with E-state index in [4.69, 9.17) is 0 Å². The minimum Gasteiger partial charge on any atom is -0.357 e. The third kappa shape index (κ3) is 5.88. The van der Waals surface area contributed by atoms with Crippen molar-refractivity contribution in [1.29, 1.82) is 0 Å². The summed E-state index contributed by atoms with van der Waals surface area (Å²) in [5, 5.41) is 13.3. The summed E-state index contributed by atoms with van der Waals surface area (Å²) in [6.45, 7) is 4.46. The average Bonchev–Trinajstić information content (AvgIpc) is 3.34. The second kappa shape index (κ2) is 9.12. The summed E-state index contributed by atoms with van der Waals surface area (Å²) >= 11 is 0. The number of nitrogens with zero attached hydrogens (tertiary/aromatic N) is 3. The van der Waals surface area contributed by atoms with Crippen LogP contribution >= 0.6 is 0 Å². The number of H-pyrrole nitrogens is 1. The van der Waals surface area contributed by atoms with Gasteiger partial charge in [-0.2, -0.15) is 10.1 Å². The summed E-state index contributed by atoms with van der Waals surface area (Å²) in [5.41, 5.74) is 1.20. The van der Waals surface area contributed by atoms with E-state index in [0.717, 1.165) is 11.6 Å². The molecule has 2 heterocycles. The Morgan fingerprint density at radius 1 is 1.17 bits per heavy atom. The van der Waals surface area contributed by atoms with Crippen LogP contribution in [0.5, 0.6) is 0 Å². The van der Waals surface area contributed by atoms with Gasteiger partial charge in [-0.1, -0.05) is 39.5 Å². The molecular formula is C17H28N6. The lowest BCUT2D eigenvalue weighted by molar-refractivity contribution is 0.702. The number of aromatic amines is 1. The molecule has 0 saturated heterocycles. The molecule has 0 unspecified atom stereocenters. The Morgan fingerprint density at radius 3 is 2.52 bits per heavy atom. The smallest absolute Gasteiger partial charge is 0.224 e. The average molecular weight is 316 g/mol. The summed E-state index contributed by atoms with van der Waals surface area (Å²) in [6, 6.07) is 3.85. The molecule has 0 amide bonds. The van der Waals surface area contributed by atoms with Crippen molar-refractivity contribution in [3.63, 3.8) is 0 Å². The molecule has 1 aliphatic rings. The van der Waals surface area contributed by atoms with E-state index in [1.165, 1.54) is 44.2 Å². The predicted molar refractivity (Wildman–Crippen MR) is 95.2 cm³/mol. The summed E-state index contributed by atoms with van der Waals surface area (Å²) in [4.78, 5) is 8.32. The van der Waals surface area contributed by atoms with Gasteiger partial charge in [0.25, 0.3) is 0 Å². The van der Waals surface area contributed by atoms with Crippen molar-refractivity contribution in [2.45, 2.75) is 58.3 Å². The number of hydrogen-bond donors (Lipinski definition) is 3. The quantitative estimate of drug-likeness (QED) is 0.658. The molecule has 3 N–H and O–H groups in total. The van der Waals surface area contributed by atoms with Crippen molar-refractivity contribution in [3.05, 3.63) is 24.0 Å². The van der Waals surface area contributed by atoms with Crippen molar-refractivity contribution >= 4 is 17.6 Å². The molecule has 0 atom stereocenters. The third-order valence-electron chi connectivity index (χ3n) is 3.71. The normalized spacial score (nSPS) is 13.2. The molecule has 6 nitrogen and oxygen atoms in total. The topological polar surface area (TPSA) is 78.5 Å². The van der Waals surface area contributed by atoms with E-state index >= 15 is 0 Å². The molecule has 0 radical (unpaired) electrons. The molecule has 6 heteroatoms. The lowest BCUT2D eigenvalue weighted by atomic mass is 10.2. The van der Waals surface area contributed by atoms with Gasteiger partial charge in [0, 0.05) is 30.9 Å². The first-order valence-corrected chi connectivity index (χ1v) is 8.59. The van der Waals surface area contributed by atoms with Crippen LogP contribution in [0, 0.1) is 0 Å². The zero-order valence-electron chi connectivity index (χ0n) is 14.4. The Balaban J connectivity index is 0.000000277. The Hall–Kier alpha value is -2.11. The second-order valence-corrected chi connectivity index (χ2v) is 5.83. The molecule has 1 fully saturated rings. The highest BCUT2D eigenvalue weighted by Crippen LogP contribution is 2.39. The monoisotopic (exact) mass is 316 g/mol. The summed E-state index contributed by atoms with van der Waals surface area (Å²) in [5.74, 6) is 2.80.